The van der Waals surface area contributed by atoms with Crippen LogP contribution in [0.5, 0.6) is 5.75 Å². The molecule has 0 aromatic heterocycles. The summed E-state index contributed by atoms with van der Waals surface area (Å²) in [5.41, 5.74) is 15.5. The number of benzene rings is 5. The highest BCUT2D eigenvalue weighted by Gasteiger charge is 2.20. The molecule has 0 aliphatic carbocycles. The van der Waals surface area contributed by atoms with Gasteiger partial charge in [-0.2, -0.15) is 0 Å². The molecule has 7 rings (SSSR count). The lowest BCUT2D eigenvalue weighted by Gasteiger charge is -2.28. The van der Waals surface area contributed by atoms with E-state index in [4.69, 9.17) is 4.74 Å². The summed E-state index contributed by atoms with van der Waals surface area (Å²) in [6, 6.07) is 42.4. The highest BCUT2D eigenvalue weighted by atomic mass is 16.5. The monoisotopic (exact) mass is 703 g/mol. The zero-order chi connectivity index (χ0) is 37.7. The first-order chi connectivity index (χ1) is 26.4. The fraction of sp³-hybridized carbons (Fsp3) is 0.115. The van der Waals surface area contributed by atoms with Crippen LogP contribution in [-0.4, -0.2) is 0 Å². The number of fused-ring (bicyclic) bond motifs is 2. The molecule has 0 spiro atoms. The number of nitrogens with zero attached hydrogens (tertiary/aromatic N) is 1. The van der Waals surface area contributed by atoms with Crippen molar-refractivity contribution in [3.8, 4) is 5.75 Å². The van der Waals surface area contributed by atoms with Gasteiger partial charge in [-0.15, -0.1) is 0 Å². The minimum absolute atomic E-state index is 0.859. The third-order valence-electron chi connectivity index (χ3n) is 9.49. The van der Waals surface area contributed by atoms with Crippen LogP contribution in [0.3, 0.4) is 0 Å². The highest BCUT2D eigenvalue weighted by Crippen LogP contribution is 2.38. The third-order valence-corrected chi connectivity index (χ3v) is 9.49. The SMILES string of the molecule is C=C1/C=C(C)\C=C/Oc2ccccc21.C\C=C1/C(=C\C=C\c2ccc(C)c(/C=C\c3ccccc3CCC)c2)C=Cc2ccccc2N1c1ccccc1. The molecule has 0 fully saturated rings. The zero-order valence-electron chi connectivity index (χ0n) is 31.9. The Bertz CT molecular complexity index is 2310. The quantitative estimate of drug-likeness (QED) is 0.157. The van der Waals surface area contributed by atoms with Gasteiger partial charge in [0.05, 0.1) is 11.9 Å². The number of rotatable bonds is 7. The Hall–Kier alpha value is -6.38. The van der Waals surface area contributed by atoms with Crippen LogP contribution in [-0.2, 0) is 6.42 Å². The van der Waals surface area contributed by atoms with Gasteiger partial charge in [-0.25, -0.2) is 0 Å². The highest BCUT2D eigenvalue weighted by molar-refractivity contribution is 5.83. The van der Waals surface area contributed by atoms with Gasteiger partial charge in [0.1, 0.15) is 5.75 Å². The molecule has 0 unspecified atom stereocenters. The first-order valence-corrected chi connectivity index (χ1v) is 18.8. The summed E-state index contributed by atoms with van der Waals surface area (Å²) < 4.78 is 5.49. The fourth-order valence-electron chi connectivity index (χ4n) is 6.68. The van der Waals surface area contributed by atoms with Gasteiger partial charge in [0.2, 0.25) is 0 Å². The molecule has 2 heteroatoms. The van der Waals surface area contributed by atoms with E-state index >= 15 is 0 Å². The van der Waals surface area contributed by atoms with Gasteiger partial charge >= 0.3 is 0 Å². The van der Waals surface area contributed by atoms with E-state index < -0.39 is 0 Å². The predicted molar refractivity (Wildman–Crippen MR) is 234 cm³/mol. The second kappa shape index (κ2) is 18.4. The molecule has 2 nitrogen and oxygen atoms in total. The predicted octanol–water partition coefficient (Wildman–Crippen LogP) is 14.4. The summed E-state index contributed by atoms with van der Waals surface area (Å²) in [5.74, 6) is 0.859. The van der Waals surface area contributed by atoms with E-state index in [1.54, 1.807) is 6.26 Å². The number of allylic oxidation sites excluding steroid dienone is 8. The molecular weight excluding hydrogens is 655 g/mol. The van der Waals surface area contributed by atoms with Crippen molar-refractivity contribution in [2.75, 3.05) is 4.90 Å². The van der Waals surface area contributed by atoms with Gasteiger partial charge in [-0.1, -0.05) is 166 Å². The van der Waals surface area contributed by atoms with E-state index in [1.807, 2.05) is 37.3 Å². The molecule has 0 atom stereocenters. The van der Waals surface area contributed by atoms with Crippen molar-refractivity contribution in [3.63, 3.8) is 0 Å². The maximum absolute atomic E-state index is 5.49. The minimum Gasteiger partial charge on any atom is -0.464 e. The van der Waals surface area contributed by atoms with E-state index in [9.17, 15) is 0 Å². The molecule has 5 aromatic carbocycles. The topological polar surface area (TPSA) is 12.5 Å². The maximum atomic E-state index is 5.49. The molecule has 54 heavy (non-hydrogen) atoms. The summed E-state index contributed by atoms with van der Waals surface area (Å²) >= 11 is 0. The molecular formula is C52H49NO. The van der Waals surface area contributed by atoms with Gasteiger partial charge in [-0.3, -0.25) is 0 Å². The minimum atomic E-state index is 0.859. The van der Waals surface area contributed by atoms with Crippen LogP contribution in [0.25, 0.3) is 29.9 Å². The van der Waals surface area contributed by atoms with E-state index in [2.05, 4.69) is 184 Å². The number of para-hydroxylation sites is 3. The molecule has 2 aliphatic rings. The number of hydrogen-bond donors (Lipinski definition) is 0. The molecule has 2 heterocycles. The van der Waals surface area contributed by atoms with Crippen LogP contribution in [0, 0.1) is 6.92 Å². The first-order valence-electron chi connectivity index (χ1n) is 18.8. The Morgan fingerprint density at radius 1 is 0.722 bits per heavy atom. The molecule has 0 bridgehead atoms. The average Bonchev–Trinajstić information content (AvgIpc) is 3.35. The van der Waals surface area contributed by atoms with Gasteiger partial charge in [0, 0.05) is 16.9 Å². The van der Waals surface area contributed by atoms with Crippen LogP contribution in [0.15, 0.2) is 187 Å². The van der Waals surface area contributed by atoms with Crippen molar-refractivity contribution < 1.29 is 4.74 Å². The summed E-state index contributed by atoms with van der Waals surface area (Å²) in [5, 5.41) is 0. The number of ether oxygens (including phenoxy) is 1. The van der Waals surface area contributed by atoms with E-state index in [-0.39, 0.29) is 0 Å². The van der Waals surface area contributed by atoms with E-state index in [1.165, 1.54) is 44.6 Å². The van der Waals surface area contributed by atoms with Crippen LogP contribution in [0.1, 0.15) is 66.1 Å². The average molecular weight is 704 g/mol. The largest absolute Gasteiger partial charge is 0.464 e. The van der Waals surface area contributed by atoms with Crippen molar-refractivity contribution in [1.82, 2.24) is 0 Å². The van der Waals surface area contributed by atoms with Crippen molar-refractivity contribution in [3.05, 3.63) is 226 Å². The van der Waals surface area contributed by atoms with Crippen molar-refractivity contribution in [2.45, 2.75) is 40.5 Å². The molecule has 0 N–H and O–H groups in total. The summed E-state index contributed by atoms with van der Waals surface area (Å²) in [7, 11) is 0. The van der Waals surface area contributed by atoms with Crippen LogP contribution in [0.4, 0.5) is 11.4 Å². The second-order valence-electron chi connectivity index (χ2n) is 13.4. The van der Waals surface area contributed by atoms with Crippen LogP contribution < -0.4 is 9.64 Å². The number of hydrogen-bond acceptors (Lipinski definition) is 2. The zero-order valence-corrected chi connectivity index (χ0v) is 31.9. The van der Waals surface area contributed by atoms with Crippen molar-refractivity contribution in [1.29, 1.82) is 0 Å². The molecule has 0 radical (unpaired) electrons. The van der Waals surface area contributed by atoms with Gasteiger partial charge in [-0.05, 0) is 114 Å². The van der Waals surface area contributed by atoms with Crippen LogP contribution >= 0.6 is 0 Å². The molecule has 0 amide bonds. The maximum Gasteiger partial charge on any atom is 0.134 e. The Kier molecular flexibility index (Phi) is 12.7. The lowest BCUT2D eigenvalue weighted by molar-refractivity contribution is 0.479. The second-order valence-corrected chi connectivity index (χ2v) is 13.4. The first kappa shape index (κ1) is 37.4. The van der Waals surface area contributed by atoms with Crippen LogP contribution in [0.2, 0.25) is 0 Å². The fourth-order valence-corrected chi connectivity index (χ4v) is 6.68. The molecule has 5 aromatic rings. The van der Waals surface area contributed by atoms with Gasteiger partial charge < -0.3 is 9.64 Å². The number of anilines is 2. The Morgan fingerprint density at radius 2 is 1.46 bits per heavy atom. The van der Waals surface area contributed by atoms with Gasteiger partial charge in [0.25, 0.3) is 0 Å². The molecule has 2 aliphatic heterocycles. The molecule has 0 saturated carbocycles. The standard InChI is InChI=1S/C39H37N.C13H12O/c1-4-14-32-16-9-10-17-33(32)25-28-36-29-31(24-23-30(36)3)15-13-19-34-26-27-35-18-11-12-22-39(35)40(38(34)5-2)37-20-7-6-8-21-37;1-10-7-8-14-13-6-4-3-5-12(13)11(2)9-10/h5-13,15-29H,4,14H2,1-3H3;3-9H,2H2,1H3/b15-13+,28-25-,34-19-,38-5+;8-7-,10-9-. The summed E-state index contributed by atoms with van der Waals surface area (Å²) in [6.07, 6.45) is 25.7. The lowest BCUT2D eigenvalue weighted by atomic mass is 10.00. The normalized spacial score (nSPS) is 16.8. The lowest BCUT2D eigenvalue weighted by Crippen LogP contribution is -2.17. The van der Waals surface area contributed by atoms with Crippen molar-refractivity contribution in [2.24, 2.45) is 0 Å². The van der Waals surface area contributed by atoms with Gasteiger partial charge in [0.15, 0.2) is 0 Å². The molecule has 268 valence electrons. The Labute approximate surface area is 322 Å². The van der Waals surface area contributed by atoms with E-state index in [0.717, 1.165) is 46.7 Å². The van der Waals surface area contributed by atoms with E-state index in [0.29, 0.717) is 0 Å². The van der Waals surface area contributed by atoms with Crippen molar-refractivity contribution >= 4 is 41.3 Å². The Morgan fingerprint density at radius 3 is 2.30 bits per heavy atom. The summed E-state index contributed by atoms with van der Waals surface area (Å²) in [4.78, 5) is 2.35. The molecule has 0 saturated heterocycles. The summed E-state index contributed by atoms with van der Waals surface area (Å²) in [6.45, 7) is 12.6. The third kappa shape index (κ3) is 9.34. The Balaban J connectivity index is 0.000000297. The smallest absolute Gasteiger partial charge is 0.134 e. The number of aryl methyl sites for hydroxylation is 2.